The van der Waals surface area contributed by atoms with Crippen LogP contribution in [0.15, 0.2) is 6.33 Å². The van der Waals surface area contributed by atoms with Crippen LogP contribution in [-0.4, -0.2) is 62.0 Å². The van der Waals surface area contributed by atoms with E-state index in [1.165, 1.54) is 13.3 Å². The van der Waals surface area contributed by atoms with Gasteiger partial charge in [0.05, 0.1) is 0 Å². The number of anilines is 3. The zero-order chi connectivity index (χ0) is 18.3. The molecule has 13 heteroatoms. The Morgan fingerprint density at radius 3 is 3.19 bits per heavy atom. The van der Waals surface area contributed by atoms with Gasteiger partial charge < -0.3 is 0 Å². The molecule has 0 aromatic carbocycles. The van der Waals surface area contributed by atoms with Gasteiger partial charge >= 0.3 is 151 Å². The SMILES string of the molecule is B[PH]1(OCOC(C)=O)OCC2OC(N3CNc4c(N)ncnc43)C[C@@H]2O1. The van der Waals surface area contributed by atoms with Crippen LogP contribution >= 0.6 is 7.82 Å². The van der Waals surface area contributed by atoms with E-state index in [9.17, 15) is 4.79 Å². The predicted octanol–water partition coefficient (Wildman–Crippen LogP) is -0.641. The van der Waals surface area contributed by atoms with E-state index in [1.807, 2.05) is 4.90 Å². The number of hydrogen-bond acceptors (Lipinski definition) is 11. The third kappa shape index (κ3) is 3.30. The van der Waals surface area contributed by atoms with Gasteiger partial charge in [-0.15, -0.1) is 0 Å². The number of nitrogens with zero attached hydrogens (tertiary/aromatic N) is 3. The first-order valence-electron chi connectivity index (χ1n) is 8.31. The van der Waals surface area contributed by atoms with E-state index < -0.39 is 13.8 Å². The molecule has 2 unspecified atom stereocenters. The summed E-state index contributed by atoms with van der Waals surface area (Å²) in [6.07, 6.45) is 1.50. The van der Waals surface area contributed by atoms with Crippen molar-refractivity contribution < 1.29 is 27.8 Å². The molecule has 0 amide bonds. The van der Waals surface area contributed by atoms with Crippen molar-refractivity contribution in [3.63, 3.8) is 0 Å². The third-order valence-corrected chi connectivity index (χ3v) is 6.61. The molecule has 0 radical (unpaired) electrons. The maximum atomic E-state index is 10.9. The van der Waals surface area contributed by atoms with Crippen molar-refractivity contribution in [2.24, 2.45) is 0 Å². The molecule has 0 saturated carbocycles. The third-order valence-electron chi connectivity index (χ3n) is 4.54. The van der Waals surface area contributed by atoms with E-state index in [0.717, 1.165) is 0 Å². The second kappa shape index (κ2) is 6.78. The normalized spacial score (nSPS) is 30.2. The van der Waals surface area contributed by atoms with Crippen LogP contribution < -0.4 is 16.0 Å². The van der Waals surface area contributed by atoms with Gasteiger partial charge in [-0.25, -0.2) is 0 Å². The van der Waals surface area contributed by atoms with Crippen LogP contribution in [0.3, 0.4) is 0 Å². The van der Waals surface area contributed by atoms with Crippen LogP contribution in [0.2, 0.25) is 0 Å². The van der Waals surface area contributed by atoms with E-state index in [-0.39, 0.29) is 25.2 Å². The zero-order valence-corrected chi connectivity index (χ0v) is 15.5. The minimum atomic E-state index is -2.88. The first-order chi connectivity index (χ1) is 12.5. The van der Waals surface area contributed by atoms with Crippen LogP contribution in [0, 0.1) is 0 Å². The molecule has 4 heterocycles. The molecule has 4 rings (SSSR count). The standard InChI is InChI=1S/C13H21BN5O6P/c1-7(20)21-6-23-26(14)22-3-9-8(25-26)2-10(24-9)19-5-18-11-12(15)16-4-17-13(11)19/h4,8-10,18,26H,2-3,5-6,14H2,1H3,(H2,15,16,17)/t8-,9?,10?/m0/s1. The fourth-order valence-electron chi connectivity index (χ4n) is 3.26. The summed E-state index contributed by atoms with van der Waals surface area (Å²) in [6, 6.07) is 0. The van der Waals surface area contributed by atoms with E-state index in [0.29, 0.717) is 37.0 Å². The first kappa shape index (κ1) is 17.7. The number of rotatable bonds is 4. The molecule has 2 saturated heterocycles. The molecule has 0 spiro atoms. The Kier molecular flexibility index (Phi) is 4.62. The van der Waals surface area contributed by atoms with Gasteiger partial charge in [0.2, 0.25) is 0 Å². The molecule has 142 valence electrons. The van der Waals surface area contributed by atoms with E-state index in [1.54, 1.807) is 7.57 Å². The second-order valence-electron chi connectivity index (χ2n) is 6.35. The van der Waals surface area contributed by atoms with Crippen LogP contribution in [0.25, 0.3) is 0 Å². The zero-order valence-electron chi connectivity index (χ0n) is 14.5. The summed E-state index contributed by atoms with van der Waals surface area (Å²) < 4.78 is 28.3. The first-order valence-corrected chi connectivity index (χ1v) is 10.5. The molecular formula is C13H21BN5O6P. The minimum absolute atomic E-state index is 0.161. The number of aromatic nitrogens is 2. The van der Waals surface area contributed by atoms with Crippen molar-refractivity contribution in [3.05, 3.63) is 6.33 Å². The number of hydrogen-bond donors (Lipinski definition) is 2. The van der Waals surface area contributed by atoms with E-state index in [4.69, 9.17) is 28.8 Å². The van der Waals surface area contributed by atoms with E-state index in [2.05, 4.69) is 15.3 Å². The molecule has 3 aliphatic heterocycles. The van der Waals surface area contributed by atoms with Crippen LogP contribution in [0.5, 0.6) is 0 Å². The van der Waals surface area contributed by atoms with Gasteiger partial charge in [-0.2, -0.15) is 0 Å². The van der Waals surface area contributed by atoms with Gasteiger partial charge in [0.15, 0.2) is 0 Å². The van der Waals surface area contributed by atoms with Crippen molar-refractivity contribution in [2.75, 3.05) is 36.0 Å². The number of carbonyl (C=O) groups is 1. The summed E-state index contributed by atoms with van der Waals surface area (Å²) in [4.78, 5) is 21.2. The Morgan fingerprint density at radius 1 is 1.54 bits per heavy atom. The van der Waals surface area contributed by atoms with Gasteiger partial charge in [-0.3, -0.25) is 0 Å². The molecule has 1 aromatic heterocycles. The number of fused-ring (bicyclic) bond motifs is 2. The Hall–Kier alpha value is -1.72. The Labute approximate surface area is 151 Å². The molecule has 3 N–H and O–H groups in total. The summed E-state index contributed by atoms with van der Waals surface area (Å²) in [7, 11) is -1.10. The molecular weight excluding hydrogens is 364 g/mol. The summed E-state index contributed by atoms with van der Waals surface area (Å²) >= 11 is 0. The van der Waals surface area contributed by atoms with Gasteiger partial charge in [0.25, 0.3) is 0 Å². The van der Waals surface area contributed by atoms with Crippen LogP contribution in [0.4, 0.5) is 17.3 Å². The number of carbonyl (C=O) groups excluding carboxylic acids is 1. The van der Waals surface area contributed by atoms with Crippen LogP contribution in [0.1, 0.15) is 13.3 Å². The predicted molar refractivity (Wildman–Crippen MR) is 96.1 cm³/mol. The molecule has 3 atom stereocenters. The topological polar surface area (TPSA) is 130 Å². The van der Waals surface area contributed by atoms with Gasteiger partial charge in [-0.05, 0) is 0 Å². The number of nitrogens with one attached hydrogen (secondary N) is 1. The molecule has 0 bridgehead atoms. The fraction of sp³-hybridized carbons (Fsp3) is 0.615. The van der Waals surface area contributed by atoms with Crippen LogP contribution in [-0.2, 0) is 27.8 Å². The fourth-order valence-corrected chi connectivity index (χ4v) is 5.02. The molecule has 1 aromatic rings. The maximum absolute atomic E-state index is 10.9. The number of nitrogen functional groups attached to an aromatic ring is 1. The molecule has 26 heavy (non-hydrogen) atoms. The average molecular weight is 385 g/mol. The second-order valence-corrected chi connectivity index (χ2v) is 8.89. The summed E-state index contributed by atoms with van der Waals surface area (Å²) in [5.41, 5.74) is 6.60. The van der Waals surface area contributed by atoms with Crippen molar-refractivity contribution in [1.29, 1.82) is 0 Å². The number of ether oxygens (including phenoxy) is 2. The Balaban J connectivity index is 1.40. The van der Waals surface area contributed by atoms with E-state index >= 15 is 0 Å². The van der Waals surface area contributed by atoms with Crippen molar-refractivity contribution in [2.45, 2.75) is 31.8 Å². The van der Waals surface area contributed by atoms with Crippen molar-refractivity contribution in [1.82, 2.24) is 9.97 Å². The van der Waals surface area contributed by atoms with Crippen molar-refractivity contribution >= 4 is 38.7 Å². The molecule has 2 fully saturated rings. The summed E-state index contributed by atoms with van der Waals surface area (Å²) in [6.45, 7) is 2.03. The monoisotopic (exact) mass is 385 g/mol. The quantitative estimate of drug-likeness (QED) is 0.297. The summed E-state index contributed by atoms with van der Waals surface area (Å²) in [5.74, 6) is 0.710. The Morgan fingerprint density at radius 2 is 2.38 bits per heavy atom. The number of nitrogens with two attached hydrogens (primary N) is 1. The van der Waals surface area contributed by atoms with Gasteiger partial charge in [0, 0.05) is 0 Å². The van der Waals surface area contributed by atoms with Crippen molar-refractivity contribution in [3.8, 4) is 0 Å². The molecule has 3 aliphatic rings. The summed E-state index contributed by atoms with van der Waals surface area (Å²) in [5, 5.41) is 3.19. The van der Waals surface area contributed by atoms with Gasteiger partial charge in [0.1, 0.15) is 0 Å². The Bertz CT molecular complexity index is 716. The number of esters is 1. The van der Waals surface area contributed by atoms with Gasteiger partial charge in [-0.1, -0.05) is 0 Å². The molecule has 0 aliphatic carbocycles. The molecule has 11 nitrogen and oxygen atoms in total. The average Bonchev–Trinajstić information content (AvgIpc) is 3.18.